The fraction of sp³-hybridized carbons (Fsp3) is 0.818. The van der Waals surface area contributed by atoms with E-state index in [2.05, 4.69) is 5.32 Å². The normalized spacial score (nSPS) is 12.5. The van der Waals surface area contributed by atoms with E-state index in [1.54, 1.807) is 0 Å². The van der Waals surface area contributed by atoms with E-state index >= 15 is 0 Å². The molecule has 100 valence electrons. The maximum absolute atomic E-state index is 11.4. The van der Waals surface area contributed by atoms with Gasteiger partial charge in [-0.05, 0) is 12.3 Å². The Kier molecular flexibility index (Phi) is 8.35. The molecule has 1 amide bonds. The minimum atomic E-state index is -0.950. The molecule has 1 unspecified atom stereocenters. The van der Waals surface area contributed by atoms with Crippen molar-refractivity contribution >= 4 is 11.9 Å². The number of nitrogens with two attached hydrogens (primary N) is 1. The molecule has 0 fully saturated rings. The average molecular weight is 246 g/mol. The lowest BCUT2D eigenvalue weighted by Crippen LogP contribution is -2.42. The number of carboxylic acid groups (broad SMARTS) is 1. The summed E-state index contributed by atoms with van der Waals surface area (Å²) in [6.07, 6.45) is 0.0481. The van der Waals surface area contributed by atoms with Crippen LogP contribution in [-0.2, 0) is 14.3 Å². The minimum Gasteiger partial charge on any atom is -0.481 e. The molecule has 4 N–H and O–H groups in total. The Labute approximate surface area is 102 Å². The minimum absolute atomic E-state index is 0.0988. The standard InChI is InChI=1S/C11H22N2O4/c1-8(2)7-17-6-5-13-11(16)9(12)3-4-10(14)15/h8-9H,3-7,12H2,1-2H3,(H,13,16)(H,14,15). The number of ether oxygens (including phenoxy) is 1. The summed E-state index contributed by atoms with van der Waals surface area (Å²) in [6.45, 7) is 5.57. The van der Waals surface area contributed by atoms with Gasteiger partial charge in [-0.1, -0.05) is 13.8 Å². The predicted molar refractivity (Wildman–Crippen MR) is 63.5 cm³/mol. The molecule has 0 aromatic rings. The van der Waals surface area contributed by atoms with Crippen LogP contribution in [0.3, 0.4) is 0 Å². The van der Waals surface area contributed by atoms with Crippen LogP contribution in [0.15, 0.2) is 0 Å². The SMILES string of the molecule is CC(C)COCCNC(=O)C(N)CCC(=O)O. The third-order valence-corrected chi connectivity index (χ3v) is 2.00. The number of rotatable bonds is 9. The second-order valence-electron chi connectivity index (χ2n) is 4.30. The monoisotopic (exact) mass is 246 g/mol. The highest BCUT2D eigenvalue weighted by Gasteiger charge is 2.13. The van der Waals surface area contributed by atoms with Crippen LogP contribution in [0.4, 0.5) is 0 Å². The van der Waals surface area contributed by atoms with Crippen molar-refractivity contribution in [2.45, 2.75) is 32.7 Å². The molecule has 0 aromatic carbocycles. The van der Waals surface area contributed by atoms with Gasteiger partial charge in [-0.15, -0.1) is 0 Å². The van der Waals surface area contributed by atoms with Crippen LogP contribution >= 0.6 is 0 Å². The predicted octanol–water partition coefficient (Wildman–Crippen LogP) is -0.0327. The molecule has 1 atom stereocenters. The largest absolute Gasteiger partial charge is 0.481 e. The number of hydrogen-bond donors (Lipinski definition) is 3. The molecule has 6 nitrogen and oxygen atoms in total. The summed E-state index contributed by atoms with van der Waals surface area (Å²) >= 11 is 0. The Morgan fingerprint density at radius 2 is 2.06 bits per heavy atom. The Balaban J connectivity index is 3.53. The molecule has 0 saturated heterocycles. The molecule has 0 aromatic heterocycles. The van der Waals surface area contributed by atoms with Crippen LogP contribution in [0.5, 0.6) is 0 Å². The number of carbonyl (C=O) groups excluding carboxylic acids is 1. The molecule has 0 aliphatic rings. The molecule has 6 heteroatoms. The van der Waals surface area contributed by atoms with Crippen molar-refractivity contribution in [2.24, 2.45) is 11.7 Å². The van der Waals surface area contributed by atoms with Gasteiger partial charge in [-0.25, -0.2) is 0 Å². The van der Waals surface area contributed by atoms with E-state index in [0.29, 0.717) is 25.7 Å². The van der Waals surface area contributed by atoms with Gasteiger partial charge < -0.3 is 20.9 Å². The summed E-state index contributed by atoms with van der Waals surface area (Å²) in [7, 11) is 0. The highest BCUT2D eigenvalue weighted by atomic mass is 16.5. The Morgan fingerprint density at radius 1 is 1.41 bits per heavy atom. The maximum Gasteiger partial charge on any atom is 0.303 e. The van der Waals surface area contributed by atoms with Crippen molar-refractivity contribution < 1.29 is 19.4 Å². The Hall–Kier alpha value is -1.14. The molecule has 0 aliphatic carbocycles. The van der Waals surface area contributed by atoms with Crippen molar-refractivity contribution in [1.29, 1.82) is 0 Å². The highest BCUT2D eigenvalue weighted by molar-refractivity contribution is 5.82. The van der Waals surface area contributed by atoms with E-state index in [-0.39, 0.29) is 18.7 Å². The van der Waals surface area contributed by atoms with Gasteiger partial charge in [-0.2, -0.15) is 0 Å². The summed E-state index contributed by atoms with van der Waals surface area (Å²) in [5.41, 5.74) is 5.51. The molecular weight excluding hydrogens is 224 g/mol. The molecular formula is C11H22N2O4. The van der Waals surface area contributed by atoms with E-state index in [0.717, 1.165) is 0 Å². The number of amides is 1. The molecule has 0 saturated carbocycles. The summed E-state index contributed by atoms with van der Waals surface area (Å²) in [4.78, 5) is 21.7. The number of hydrogen-bond acceptors (Lipinski definition) is 4. The first-order valence-corrected chi connectivity index (χ1v) is 5.76. The lowest BCUT2D eigenvalue weighted by atomic mass is 10.1. The van der Waals surface area contributed by atoms with Crippen LogP contribution in [0.2, 0.25) is 0 Å². The maximum atomic E-state index is 11.4. The summed E-state index contributed by atoms with van der Waals surface area (Å²) in [6, 6.07) is -0.767. The van der Waals surface area contributed by atoms with Gasteiger partial charge >= 0.3 is 5.97 Å². The quantitative estimate of drug-likeness (QED) is 0.496. The lowest BCUT2D eigenvalue weighted by molar-refractivity contribution is -0.137. The zero-order valence-corrected chi connectivity index (χ0v) is 10.4. The second-order valence-corrected chi connectivity index (χ2v) is 4.30. The van der Waals surface area contributed by atoms with Gasteiger partial charge in [0, 0.05) is 19.6 Å². The molecule has 0 radical (unpaired) electrons. The fourth-order valence-corrected chi connectivity index (χ4v) is 1.11. The van der Waals surface area contributed by atoms with E-state index in [1.165, 1.54) is 0 Å². The lowest BCUT2D eigenvalue weighted by Gasteiger charge is -2.11. The molecule has 17 heavy (non-hydrogen) atoms. The van der Waals surface area contributed by atoms with Gasteiger partial charge in [0.25, 0.3) is 0 Å². The van der Waals surface area contributed by atoms with Crippen molar-refractivity contribution in [3.63, 3.8) is 0 Å². The van der Waals surface area contributed by atoms with E-state index in [9.17, 15) is 9.59 Å². The van der Waals surface area contributed by atoms with Gasteiger partial charge in [0.2, 0.25) is 5.91 Å². The van der Waals surface area contributed by atoms with E-state index in [4.69, 9.17) is 15.6 Å². The zero-order valence-electron chi connectivity index (χ0n) is 10.4. The third kappa shape index (κ3) is 9.77. The van der Waals surface area contributed by atoms with Crippen LogP contribution in [0.1, 0.15) is 26.7 Å². The summed E-state index contributed by atoms with van der Waals surface area (Å²) < 4.78 is 5.27. The first-order chi connectivity index (χ1) is 7.93. The third-order valence-electron chi connectivity index (χ3n) is 2.00. The smallest absolute Gasteiger partial charge is 0.303 e. The van der Waals surface area contributed by atoms with Crippen LogP contribution < -0.4 is 11.1 Å². The van der Waals surface area contributed by atoms with Crippen LogP contribution in [0, 0.1) is 5.92 Å². The van der Waals surface area contributed by atoms with Crippen molar-refractivity contribution in [1.82, 2.24) is 5.32 Å². The Morgan fingerprint density at radius 3 is 2.59 bits per heavy atom. The molecule has 0 heterocycles. The number of nitrogens with one attached hydrogen (secondary N) is 1. The van der Waals surface area contributed by atoms with Gasteiger partial charge in [0.15, 0.2) is 0 Å². The number of carboxylic acids is 1. The molecule has 0 aliphatic heterocycles. The second kappa shape index (κ2) is 8.95. The summed E-state index contributed by atoms with van der Waals surface area (Å²) in [5, 5.41) is 11.0. The van der Waals surface area contributed by atoms with Gasteiger partial charge in [-0.3, -0.25) is 9.59 Å². The summed E-state index contributed by atoms with van der Waals surface area (Å²) in [5.74, 6) is -0.823. The Bertz CT molecular complexity index is 244. The van der Waals surface area contributed by atoms with Gasteiger partial charge in [0.05, 0.1) is 12.6 Å². The molecule has 0 bridgehead atoms. The molecule has 0 rings (SSSR count). The first-order valence-electron chi connectivity index (χ1n) is 5.76. The van der Waals surface area contributed by atoms with Crippen molar-refractivity contribution in [3.8, 4) is 0 Å². The topological polar surface area (TPSA) is 102 Å². The van der Waals surface area contributed by atoms with Crippen LogP contribution in [0.25, 0.3) is 0 Å². The number of carbonyl (C=O) groups is 2. The average Bonchev–Trinajstić information content (AvgIpc) is 2.24. The van der Waals surface area contributed by atoms with Crippen LogP contribution in [-0.4, -0.2) is 42.8 Å². The zero-order chi connectivity index (χ0) is 13.3. The number of aliphatic carboxylic acids is 1. The van der Waals surface area contributed by atoms with Crippen molar-refractivity contribution in [3.05, 3.63) is 0 Å². The van der Waals surface area contributed by atoms with Gasteiger partial charge in [0.1, 0.15) is 0 Å². The van der Waals surface area contributed by atoms with E-state index in [1.807, 2.05) is 13.8 Å². The van der Waals surface area contributed by atoms with E-state index < -0.39 is 12.0 Å². The fourth-order valence-electron chi connectivity index (χ4n) is 1.11. The molecule has 0 spiro atoms. The van der Waals surface area contributed by atoms with Crippen molar-refractivity contribution in [2.75, 3.05) is 19.8 Å². The first kappa shape index (κ1) is 15.9. The highest BCUT2D eigenvalue weighted by Crippen LogP contribution is 1.95.